The molecule has 0 aliphatic carbocycles. The van der Waals surface area contributed by atoms with Gasteiger partial charge in [0.1, 0.15) is 0 Å². The summed E-state index contributed by atoms with van der Waals surface area (Å²) in [5.41, 5.74) is 1.81. The molecule has 5 rings (SSSR count). The van der Waals surface area contributed by atoms with Crippen molar-refractivity contribution in [2.24, 2.45) is 0 Å². The van der Waals surface area contributed by atoms with Crippen molar-refractivity contribution in [3.63, 3.8) is 0 Å². The van der Waals surface area contributed by atoms with Gasteiger partial charge in [-0.2, -0.15) is 0 Å². The van der Waals surface area contributed by atoms with Crippen LogP contribution in [-0.4, -0.2) is 55.6 Å². The second kappa shape index (κ2) is 10.9. The molecule has 1 amide bonds. The van der Waals surface area contributed by atoms with E-state index in [2.05, 4.69) is 21.2 Å². The lowest BCUT2D eigenvalue weighted by molar-refractivity contribution is -0.130. The standard InChI is InChI=1S/C25H25N5O2S2/c31-23(29(16-21-10-5-13-32-21)17-22-11-6-14-33-22)18-34-25-28-27-24(19-7-4-12-26-15-19)30(25)20-8-2-1-3-9-20/h1-4,6-9,11-12,14-15,21H,5,10,13,16-18H2. The Labute approximate surface area is 206 Å². The van der Waals surface area contributed by atoms with Gasteiger partial charge in [0, 0.05) is 41.7 Å². The zero-order chi connectivity index (χ0) is 23.2. The zero-order valence-electron chi connectivity index (χ0n) is 18.6. The summed E-state index contributed by atoms with van der Waals surface area (Å²) in [4.78, 5) is 20.7. The number of ether oxygens (including phenoxy) is 1. The van der Waals surface area contributed by atoms with E-state index in [0.717, 1.165) is 30.7 Å². The number of carbonyl (C=O) groups excluding carboxylic acids is 1. The molecule has 1 unspecified atom stereocenters. The smallest absolute Gasteiger partial charge is 0.233 e. The molecule has 1 aromatic carbocycles. The average molecular weight is 492 g/mol. The van der Waals surface area contributed by atoms with Crippen LogP contribution in [0.15, 0.2) is 77.5 Å². The minimum absolute atomic E-state index is 0.0689. The molecule has 174 valence electrons. The summed E-state index contributed by atoms with van der Waals surface area (Å²) in [5.74, 6) is 1.04. The van der Waals surface area contributed by atoms with Crippen molar-refractivity contribution in [3.05, 3.63) is 77.2 Å². The summed E-state index contributed by atoms with van der Waals surface area (Å²) in [6.07, 6.45) is 5.67. The van der Waals surface area contributed by atoms with Crippen molar-refractivity contribution in [1.82, 2.24) is 24.6 Å². The second-order valence-electron chi connectivity index (χ2n) is 8.00. The maximum Gasteiger partial charge on any atom is 0.233 e. The zero-order valence-corrected chi connectivity index (χ0v) is 20.3. The highest BCUT2D eigenvalue weighted by Gasteiger charge is 2.24. The molecule has 1 aliphatic rings. The van der Waals surface area contributed by atoms with Crippen molar-refractivity contribution in [3.8, 4) is 17.1 Å². The fourth-order valence-corrected chi connectivity index (χ4v) is 5.53. The molecule has 34 heavy (non-hydrogen) atoms. The number of carbonyl (C=O) groups is 1. The van der Waals surface area contributed by atoms with Gasteiger partial charge in [-0.15, -0.1) is 21.5 Å². The van der Waals surface area contributed by atoms with Gasteiger partial charge < -0.3 is 9.64 Å². The number of aromatic nitrogens is 4. The lowest BCUT2D eigenvalue weighted by Gasteiger charge is -2.25. The van der Waals surface area contributed by atoms with Crippen molar-refractivity contribution >= 4 is 29.0 Å². The van der Waals surface area contributed by atoms with E-state index in [1.54, 1.807) is 23.7 Å². The minimum Gasteiger partial charge on any atom is -0.376 e. The topological polar surface area (TPSA) is 73.1 Å². The van der Waals surface area contributed by atoms with E-state index in [0.29, 0.717) is 24.1 Å². The van der Waals surface area contributed by atoms with Crippen LogP contribution in [-0.2, 0) is 16.1 Å². The molecular formula is C25H25N5O2S2. The van der Waals surface area contributed by atoms with Crippen LogP contribution in [0, 0.1) is 0 Å². The number of thioether (sulfide) groups is 1. The molecule has 1 atom stereocenters. The molecule has 3 aromatic heterocycles. The van der Waals surface area contributed by atoms with Crippen LogP contribution < -0.4 is 0 Å². The molecule has 0 radical (unpaired) electrons. The highest BCUT2D eigenvalue weighted by atomic mass is 32.2. The molecular weight excluding hydrogens is 466 g/mol. The largest absolute Gasteiger partial charge is 0.376 e. The Hall–Kier alpha value is -3.01. The Bertz CT molecular complexity index is 1190. The fraction of sp³-hybridized carbons (Fsp3) is 0.280. The summed E-state index contributed by atoms with van der Waals surface area (Å²) < 4.78 is 7.80. The Morgan fingerprint density at radius 1 is 1.15 bits per heavy atom. The van der Waals surface area contributed by atoms with Gasteiger partial charge in [0.15, 0.2) is 11.0 Å². The third-order valence-electron chi connectivity index (χ3n) is 5.62. The molecule has 7 nitrogen and oxygen atoms in total. The van der Waals surface area contributed by atoms with Gasteiger partial charge in [-0.3, -0.25) is 14.3 Å². The van der Waals surface area contributed by atoms with Crippen LogP contribution >= 0.6 is 23.1 Å². The molecule has 1 fully saturated rings. The highest BCUT2D eigenvalue weighted by molar-refractivity contribution is 7.99. The van der Waals surface area contributed by atoms with E-state index in [9.17, 15) is 4.79 Å². The Morgan fingerprint density at radius 2 is 2.06 bits per heavy atom. The number of thiophene rings is 1. The molecule has 4 heterocycles. The fourth-order valence-electron chi connectivity index (χ4n) is 3.95. The van der Waals surface area contributed by atoms with Crippen molar-refractivity contribution in [1.29, 1.82) is 0 Å². The monoisotopic (exact) mass is 491 g/mol. The summed E-state index contributed by atoms with van der Waals surface area (Å²) in [6.45, 7) is 1.99. The van der Waals surface area contributed by atoms with E-state index in [4.69, 9.17) is 4.74 Å². The maximum atomic E-state index is 13.3. The second-order valence-corrected chi connectivity index (χ2v) is 9.97. The summed E-state index contributed by atoms with van der Waals surface area (Å²) in [7, 11) is 0. The van der Waals surface area contributed by atoms with Gasteiger partial charge in [-0.25, -0.2) is 0 Å². The van der Waals surface area contributed by atoms with E-state index < -0.39 is 0 Å². The predicted octanol–water partition coefficient (Wildman–Crippen LogP) is 4.69. The van der Waals surface area contributed by atoms with Crippen LogP contribution in [0.5, 0.6) is 0 Å². The third kappa shape index (κ3) is 5.38. The number of benzene rings is 1. The Balaban J connectivity index is 1.36. The van der Waals surface area contributed by atoms with Gasteiger partial charge in [0.05, 0.1) is 18.4 Å². The van der Waals surface area contributed by atoms with Crippen LogP contribution in [0.25, 0.3) is 17.1 Å². The first-order chi connectivity index (χ1) is 16.8. The molecule has 4 aromatic rings. The van der Waals surface area contributed by atoms with Crippen LogP contribution in [0.3, 0.4) is 0 Å². The number of amides is 1. The average Bonchev–Trinajstić information content (AvgIpc) is 3.66. The number of hydrogen-bond donors (Lipinski definition) is 0. The normalized spacial score (nSPS) is 15.5. The van der Waals surface area contributed by atoms with E-state index >= 15 is 0 Å². The van der Waals surface area contributed by atoms with Gasteiger partial charge in [-0.05, 0) is 48.6 Å². The molecule has 9 heteroatoms. The number of para-hydroxylation sites is 1. The first kappa shape index (κ1) is 22.8. The lowest BCUT2D eigenvalue weighted by Crippen LogP contribution is -2.37. The Kier molecular flexibility index (Phi) is 7.33. The van der Waals surface area contributed by atoms with Gasteiger partial charge in [-0.1, -0.05) is 36.0 Å². The first-order valence-corrected chi connectivity index (χ1v) is 13.1. The van der Waals surface area contributed by atoms with Gasteiger partial charge in [0.2, 0.25) is 5.91 Å². The molecule has 1 aliphatic heterocycles. The van der Waals surface area contributed by atoms with E-state index in [1.165, 1.54) is 16.6 Å². The van der Waals surface area contributed by atoms with Gasteiger partial charge in [0.25, 0.3) is 0 Å². The summed E-state index contributed by atoms with van der Waals surface area (Å²) in [5, 5.41) is 11.6. The SMILES string of the molecule is O=C(CSc1nnc(-c2cccnc2)n1-c1ccccc1)N(Cc1cccs1)CC1CCCO1. The van der Waals surface area contributed by atoms with Crippen molar-refractivity contribution in [2.75, 3.05) is 18.9 Å². The highest BCUT2D eigenvalue weighted by Crippen LogP contribution is 2.28. The Morgan fingerprint density at radius 3 is 2.79 bits per heavy atom. The number of pyridine rings is 1. The first-order valence-electron chi connectivity index (χ1n) is 11.2. The summed E-state index contributed by atoms with van der Waals surface area (Å²) in [6, 6.07) is 17.9. The van der Waals surface area contributed by atoms with E-state index in [-0.39, 0.29) is 17.8 Å². The van der Waals surface area contributed by atoms with Crippen molar-refractivity contribution < 1.29 is 9.53 Å². The minimum atomic E-state index is 0.0689. The van der Waals surface area contributed by atoms with Crippen LogP contribution in [0.4, 0.5) is 0 Å². The summed E-state index contributed by atoms with van der Waals surface area (Å²) >= 11 is 3.07. The van der Waals surface area contributed by atoms with Gasteiger partial charge >= 0.3 is 0 Å². The predicted molar refractivity (Wildman–Crippen MR) is 134 cm³/mol. The molecule has 1 saturated heterocycles. The number of hydrogen-bond acceptors (Lipinski definition) is 7. The van der Waals surface area contributed by atoms with Crippen LogP contribution in [0.1, 0.15) is 17.7 Å². The number of rotatable bonds is 9. The quantitative estimate of drug-likeness (QED) is 0.316. The molecule has 0 N–H and O–H groups in total. The molecule has 0 spiro atoms. The van der Waals surface area contributed by atoms with Crippen LogP contribution in [0.2, 0.25) is 0 Å². The third-order valence-corrected chi connectivity index (χ3v) is 7.39. The number of nitrogens with zero attached hydrogens (tertiary/aromatic N) is 5. The van der Waals surface area contributed by atoms with Crippen molar-refractivity contribution in [2.45, 2.75) is 30.6 Å². The van der Waals surface area contributed by atoms with E-state index in [1.807, 2.05) is 63.4 Å². The molecule has 0 saturated carbocycles. The maximum absolute atomic E-state index is 13.3. The lowest BCUT2D eigenvalue weighted by atomic mass is 10.2. The molecule has 0 bridgehead atoms.